The molecule has 2 aromatic heterocycles. The summed E-state index contributed by atoms with van der Waals surface area (Å²) in [6, 6.07) is 11.9. The fourth-order valence-corrected chi connectivity index (χ4v) is 5.37. The van der Waals surface area contributed by atoms with Gasteiger partial charge in [0.25, 0.3) is 11.8 Å². The molecule has 0 spiro atoms. The Labute approximate surface area is 217 Å². The summed E-state index contributed by atoms with van der Waals surface area (Å²) in [7, 11) is 1.78. The summed E-state index contributed by atoms with van der Waals surface area (Å²) in [6.07, 6.45) is 1.92. The standard InChI is InChI=1S/C26H29FN6O3S/c1-15(12-26(2,3)34)37(35)18-8-6-17(7-9-18)21-14-30-23(28)22(31-21)25-33-32-24(36-25)19-10-5-16(13-29-4)11-20(19)27/h5-11,14-15,29,34H,12-13H2,1-4H3,(H2,28,30). The van der Waals surface area contributed by atoms with E-state index in [0.29, 0.717) is 23.6 Å². The SMILES string of the molecule is CNCc1ccc(-c2nnc(-c3nc(-c4ccc([S+]([O-])C(C)CC(C)(C)O)cc4)cnc3N)o2)c(F)c1. The topological polar surface area (TPSA) is 146 Å². The molecule has 4 N–H and O–H groups in total. The molecule has 9 nitrogen and oxygen atoms in total. The van der Waals surface area contributed by atoms with Crippen LogP contribution in [0.5, 0.6) is 0 Å². The van der Waals surface area contributed by atoms with E-state index in [0.717, 1.165) is 11.1 Å². The lowest BCUT2D eigenvalue weighted by Gasteiger charge is -2.24. The van der Waals surface area contributed by atoms with Gasteiger partial charge in [0.1, 0.15) is 11.1 Å². The largest absolute Gasteiger partial charge is 0.611 e. The number of aromatic nitrogens is 4. The van der Waals surface area contributed by atoms with Gasteiger partial charge < -0.3 is 25.1 Å². The number of nitrogens with two attached hydrogens (primary N) is 1. The van der Waals surface area contributed by atoms with Crippen LogP contribution in [-0.2, 0) is 17.7 Å². The summed E-state index contributed by atoms with van der Waals surface area (Å²) < 4.78 is 33.2. The van der Waals surface area contributed by atoms with Crippen molar-refractivity contribution in [3.05, 3.63) is 60.0 Å². The smallest absolute Gasteiger partial charge is 0.270 e. The Kier molecular flexibility index (Phi) is 7.88. The second-order valence-corrected chi connectivity index (χ2v) is 11.3. The first-order valence-electron chi connectivity index (χ1n) is 11.7. The van der Waals surface area contributed by atoms with E-state index in [1.165, 1.54) is 12.3 Å². The van der Waals surface area contributed by atoms with Crippen molar-refractivity contribution in [3.8, 4) is 34.3 Å². The number of hydrogen-bond acceptors (Lipinski definition) is 9. The van der Waals surface area contributed by atoms with Gasteiger partial charge in [-0.25, -0.2) is 14.4 Å². The van der Waals surface area contributed by atoms with Crippen LogP contribution in [0.15, 0.2) is 58.0 Å². The lowest BCUT2D eigenvalue weighted by atomic mass is 10.0. The summed E-state index contributed by atoms with van der Waals surface area (Å²) in [5.41, 5.74) is 7.48. The molecule has 11 heteroatoms. The van der Waals surface area contributed by atoms with Crippen molar-refractivity contribution >= 4 is 17.0 Å². The Morgan fingerprint density at radius 3 is 2.51 bits per heavy atom. The van der Waals surface area contributed by atoms with Gasteiger partial charge >= 0.3 is 0 Å². The highest BCUT2D eigenvalue weighted by molar-refractivity contribution is 7.92. The average Bonchev–Trinajstić information content (AvgIpc) is 3.33. The fraction of sp³-hybridized carbons (Fsp3) is 0.308. The Morgan fingerprint density at radius 1 is 1.16 bits per heavy atom. The first-order chi connectivity index (χ1) is 17.6. The maximum Gasteiger partial charge on any atom is 0.270 e. The Morgan fingerprint density at radius 2 is 1.86 bits per heavy atom. The molecule has 0 saturated carbocycles. The summed E-state index contributed by atoms with van der Waals surface area (Å²) in [5.74, 6) is -0.382. The number of benzene rings is 2. The van der Waals surface area contributed by atoms with Crippen LogP contribution in [0.3, 0.4) is 0 Å². The van der Waals surface area contributed by atoms with Crippen molar-refractivity contribution < 1.29 is 18.5 Å². The van der Waals surface area contributed by atoms with Crippen molar-refractivity contribution in [1.29, 1.82) is 0 Å². The molecule has 4 aromatic rings. The number of rotatable bonds is 9. The normalized spacial score (nSPS) is 13.5. The van der Waals surface area contributed by atoms with Crippen LogP contribution in [0.1, 0.15) is 32.8 Å². The van der Waals surface area contributed by atoms with E-state index in [1.54, 1.807) is 57.3 Å². The predicted octanol–water partition coefficient (Wildman–Crippen LogP) is 3.96. The van der Waals surface area contributed by atoms with E-state index in [-0.39, 0.29) is 34.1 Å². The van der Waals surface area contributed by atoms with Crippen molar-refractivity contribution in [3.63, 3.8) is 0 Å². The highest BCUT2D eigenvalue weighted by Crippen LogP contribution is 2.30. The molecule has 0 amide bonds. The zero-order valence-electron chi connectivity index (χ0n) is 21.0. The van der Waals surface area contributed by atoms with E-state index >= 15 is 0 Å². The molecule has 4 rings (SSSR count). The molecular weight excluding hydrogens is 495 g/mol. The zero-order valence-corrected chi connectivity index (χ0v) is 21.8. The van der Waals surface area contributed by atoms with Gasteiger partial charge in [-0.1, -0.05) is 6.07 Å². The lowest BCUT2D eigenvalue weighted by molar-refractivity contribution is 0.0711. The highest BCUT2D eigenvalue weighted by Gasteiger charge is 2.27. The summed E-state index contributed by atoms with van der Waals surface area (Å²) in [6.45, 7) is 5.78. The molecule has 0 aliphatic carbocycles. The second-order valence-electron chi connectivity index (χ2n) is 9.39. The maximum atomic E-state index is 14.6. The zero-order chi connectivity index (χ0) is 26.7. The summed E-state index contributed by atoms with van der Waals surface area (Å²) >= 11 is -1.28. The molecule has 2 aromatic carbocycles. The van der Waals surface area contributed by atoms with Gasteiger partial charge in [-0.2, -0.15) is 0 Å². The maximum absolute atomic E-state index is 14.6. The number of nitrogens with one attached hydrogen (secondary N) is 1. The Balaban J connectivity index is 1.57. The van der Waals surface area contributed by atoms with Crippen LogP contribution in [0.4, 0.5) is 10.2 Å². The van der Waals surface area contributed by atoms with Gasteiger partial charge in [0, 0.05) is 18.5 Å². The number of aliphatic hydroxyl groups is 1. The van der Waals surface area contributed by atoms with E-state index in [1.807, 2.05) is 6.92 Å². The molecule has 2 unspecified atom stereocenters. The molecule has 194 valence electrons. The minimum atomic E-state index is -1.28. The number of anilines is 1. The third kappa shape index (κ3) is 6.31. The van der Waals surface area contributed by atoms with Gasteiger partial charge in [0.2, 0.25) is 0 Å². The molecule has 0 saturated heterocycles. The van der Waals surface area contributed by atoms with Crippen LogP contribution >= 0.6 is 0 Å². The van der Waals surface area contributed by atoms with Crippen molar-refractivity contribution in [1.82, 2.24) is 25.5 Å². The minimum Gasteiger partial charge on any atom is -0.611 e. The third-order valence-corrected chi connectivity index (χ3v) is 7.24. The summed E-state index contributed by atoms with van der Waals surface area (Å²) in [4.78, 5) is 9.40. The molecule has 0 aliphatic rings. The lowest BCUT2D eigenvalue weighted by Crippen LogP contribution is -2.29. The molecule has 37 heavy (non-hydrogen) atoms. The average molecular weight is 525 g/mol. The van der Waals surface area contributed by atoms with E-state index in [4.69, 9.17) is 10.2 Å². The molecular formula is C26H29FN6O3S. The van der Waals surface area contributed by atoms with Crippen LogP contribution < -0.4 is 11.1 Å². The Hall–Kier alpha value is -3.38. The molecule has 0 radical (unpaired) electrons. The molecule has 0 aliphatic heterocycles. The first kappa shape index (κ1) is 26.7. The van der Waals surface area contributed by atoms with E-state index in [2.05, 4.69) is 25.5 Å². The predicted molar refractivity (Wildman–Crippen MR) is 140 cm³/mol. The first-order valence-corrected chi connectivity index (χ1v) is 12.9. The van der Waals surface area contributed by atoms with Crippen LogP contribution in [0.25, 0.3) is 34.3 Å². The van der Waals surface area contributed by atoms with Gasteiger partial charge in [0.05, 0.1) is 23.1 Å². The second kappa shape index (κ2) is 10.9. The number of nitrogen functional groups attached to an aromatic ring is 1. The van der Waals surface area contributed by atoms with E-state index in [9.17, 15) is 14.0 Å². The van der Waals surface area contributed by atoms with Crippen LogP contribution in [0.2, 0.25) is 0 Å². The minimum absolute atomic E-state index is 0.00196. The van der Waals surface area contributed by atoms with Crippen LogP contribution in [-0.4, -0.2) is 47.7 Å². The summed E-state index contributed by atoms with van der Waals surface area (Å²) in [5, 5.41) is 20.8. The van der Waals surface area contributed by atoms with Crippen molar-refractivity contribution in [2.75, 3.05) is 12.8 Å². The van der Waals surface area contributed by atoms with Gasteiger partial charge in [-0.15, -0.1) is 10.2 Å². The van der Waals surface area contributed by atoms with E-state index < -0.39 is 22.6 Å². The molecule has 2 atom stereocenters. The van der Waals surface area contributed by atoms with Crippen LogP contribution in [0, 0.1) is 5.82 Å². The number of halogens is 1. The quantitative estimate of drug-likeness (QED) is 0.277. The number of nitrogens with zero attached hydrogens (tertiary/aromatic N) is 4. The van der Waals surface area contributed by atoms with Gasteiger partial charge in [0.15, 0.2) is 16.4 Å². The Bertz CT molecular complexity index is 1370. The molecule has 0 fully saturated rings. The third-order valence-electron chi connectivity index (χ3n) is 5.61. The highest BCUT2D eigenvalue weighted by atomic mass is 32.2. The van der Waals surface area contributed by atoms with Crippen molar-refractivity contribution in [2.24, 2.45) is 0 Å². The molecule has 2 heterocycles. The van der Waals surface area contributed by atoms with Crippen molar-refractivity contribution in [2.45, 2.75) is 49.5 Å². The van der Waals surface area contributed by atoms with Gasteiger partial charge in [-0.3, -0.25) is 0 Å². The monoisotopic (exact) mass is 524 g/mol. The molecule has 0 bridgehead atoms. The number of hydrogen-bond donors (Lipinski definition) is 3. The fourth-order valence-electron chi connectivity index (χ4n) is 3.94. The van der Waals surface area contributed by atoms with Gasteiger partial charge in [-0.05, 0) is 81.0 Å².